The van der Waals surface area contributed by atoms with Gasteiger partial charge in [-0.15, -0.1) is 0 Å². The van der Waals surface area contributed by atoms with Gasteiger partial charge in [0, 0.05) is 32.8 Å². The van der Waals surface area contributed by atoms with Crippen LogP contribution in [-0.4, -0.2) is 15.0 Å². The van der Waals surface area contributed by atoms with Gasteiger partial charge in [-0.1, -0.05) is 121 Å². The quantitative estimate of drug-likeness (QED) is 0.190. The molecule has 10 rings (SSSR count). The molecule has 0 aliphatic heterocycles. The number of benzene rings is 8. The van der Waals surface area contributed by atoms with Gasteiger partial charge in [0.15, 0.2) is 17.5 Å². The van der Waals surface area contributed by atoms with E-state index in [-0.39, 0.29) is 0 Å². The first-order valence-electron chi connectivity index (χ1n) is 15.8. The van der Waals surface area contributed by atoms with Crippen molar-refractivity contribution in [3.05, 3.63) is 152 Å². The summed E-state index contributed by atoms with van der Waals surface area (Å²) >= 11 is 0. The number of furan rings is 1. The van der Waals surface area contributed by atoms with E-state index in [9.17, 15) is 0 Å². The highest BCUT2D eigenvalue weighted by molar-refractivity contribution is 6.29. The molecule has 0 bridgehead atoms. The number of aromatic nitrogens is 3. The van der Waals surface area contributed by atoms with Crippen LogP contribution < -0.4 is 0 Å². The number of fused-ring (bicyclic) bond motifs is 9. The maximum Gasteiger partial charge on any atom is 0.164 e. The Labute approximate surface area is 269 Å². The van der Waals surface area contributed by atoms with E-state index in [1.165, 1.54) is 21.5 Å². The van der Waals surface area contributed by atoms with Gasteiger partial charge < -0.3 is 4.42 Å². The third-order valence-corrected chi connectivity index (χ3v) is 9.24. The lowest BCUT2D eigenvalue weighted by atomic mass is 9.93. The summed E-state index contributed by atoms with van der Waals surface area (Å²) in [6.45, 7) is 0. The van der Waals surface area contributed by atoms with Crippen molar-refractivity contribution >= 4 is 65.0 Å². The molecule has 0 amide bonds. The predicted molar refractivity (Wildman–Crippen MR) is 193 cm³/mol. The molecule has 4 nitrogen and oxygen atoms in total. The van der Waals surface area contributed by atoms with Crippen molar-refractivity contribution in [1.82, 2.24) is 15.0 Å². The Morgan fingerprint density at radius 2 is 0.957 bits per heavy atom. The zero-order chi connectivity index (χ0) is 30.9. The smallest absolute Gasteiger partial charge is 0.164 e. The second-order valence-electron chi connectivity index (χ2n) is 12.0. The van der Waals surface area contributed by atoms with Crippen molar-refractivity contribution in [2.75, 3.05) is 0 Å². The molecular weight excluding hydrogens is 574 g/mol. The Balaban J connectivity index is 1.27. The summed E-state index contributed by atoms with van der Waals surface area (Å²) in [5, 5.41) is 11.4. The molecule has 2 aromatic heterocycles. The minimum Gasteiger partial charge on any atom is -0.456 e. The first-order chi connectivity index (χ1) is 23.3. The van der Waals surface area contributed by atoms with Crippen molar-refractivity contribution in [2.45, 2.75) is 0 Å². The zero-order valence-corrected chi connectivity index (χ0v) is 25.2. The molecule has 2 heterocycles. The van der Waals surface area contributed by atoms with E-state index in [0.29, 0.717) is 17.5 Å². The van der Waals surface area contributed by atoms with Crippen molar-refractivity contribution in [3.8, 4) is 34.2 Å². The molecule has 0 N–H and O–H groups in total. The van der Waals surface area contributed by atoms with Crippen LogP contribution in [0, 0.1) is 0 Å². The van der Waals surface area contributed by atoms with Gasteiger partial charge in [0.2, 0.25) is 0 Å². The van der Waals surface area contributed by atoms with Gasteiger partial charge in [-0.05, 0) is 68.0 Å². The Morgan fingerprint density at radius 1 is 0.340 bits per heavy atom. The predicted octanol–water partition coefficient (Wildman–Crippen LogP) is 11.4. The first kappa shape index (κ1) is 25.9. The van der Waals surface area contributed by atoms with E-state index in [2.05, 4.69) is 121 Å². The minimum absolute atomic E-state index is 0.642. The van der Waals surface area contributed by atoms with Crippen LogP contribution in [0.1, 0.15) is 0 Å². The topological polar surface area (TPSA) is 51.8 Å². The van der Waals surface area contributed by atoms with E-state index in [0.717, 1.165) is 60.2 Å². The number of hydrogen-bond donors (Lipinski definition) is 0. The van der Waals surface area contributed by atoms with E-state index < -0.39 is 0 Å². The summed E-state index contributed by atoms with van der Waals surface area (Å²) < 4.78 is 6.46. The fourth-order valence-electron chi connectivity index (χ4n) is 7.00. The summed E-state index contributed by atoms with van der Waals surface area (Å²) in [6, 6.07) is 52.8. The lowest BCUT2D eigenvalue weighted by Crippen LogP contribution is -2.00. The van der Waals surface area contributed by atoms with Crippen molar-refractivity contribution in [3.63, 3.8) is 0 Å². The van der Waals surface area contributed by atoms with Crippen LogP contribution in [0.25, 0.3) is 99.2 Å². The lowest BCUT2D eigenvalue weighted by Gasteiger charge is -2.13. The average Bonchev–Trinajstić information content (AvgIpc) is 3.50. The molecule has 0 aliphatic rings. The van der Waals surface area contributed by atoms with Gasteiger partial charge in [0.1, 0.15) is 11.2 Å². The van der Waals surface area contributed by atoms with Crippen LogP contribution in [0.2, 0.25) is 0 Å². The second-order valence-corrected chi connectivity index (χ2v) is 12.0. The van der Waals surface area contributed by atoms with E-state index >= 15 is 0 Å². The van der Waals surface area contributed by atoms with Gasteiger partial charge in [-0.2, -0.15) is 0 Å². The fraction of sp³-hybridized carbons (Fsp3) is 0. The Kier molecular flexibility index (Phi) is 5.54. The third-order valence-electron chi connectivity index (χ3n) is 9.24. The van der Waals surface area contributed by atoms with Crippen LogP contribution in [0.15, 0.2) is 156 Å². The second kappa shape index (κ2) is 10.1. The van der Waals surface area contributed by atoms with Gasteiger partial charge in [0.25, 0.3) is 0 Å². The monoisotopic (exact) mass is 599 g/mol. The summed E-state index contributed by atoms with van der Waals surface area (Å²) in [7, 11) is 0. The summed E-state index contributed by atoms with van der Waals surface area (Å²) in [5.74, 6) is 1.93. The molecule has 0 saturated carbocycles. The molecule has 47 heavy (non-hydrogen) atoms. The van der Waals surface area contributed by atoms with Gasteiger partial charge in [0.05, 0.1) is 0 Å². The molecule has 0 fully saturated rings. The molecule has 10 aromatic rings. The Bertz CT molecular complexity index is 2850. The molecule has 8 aromatic carbocycles. The van der Waals surface area contributed by atoms with Crippen LogP contribution in [0.5, 0.6) is 0 Å². The van der Waals surface area contributed by atoms with Gasteiger partial charge in [-0.25, -0.2) is 15.0 Å². The minimum atomic E-state index is 0.642. The Hall–Kier alpha value is -6.39. The van der Waals surface area contributed by atoms with Crippen LogP contribution in [0.3, 0.4) is 0 Å². The highest BCUT2D eigenvalue weighted by Gasteiger charge is 2.19. The third kappa shape index (κ3) is 4.12. The van der Waals surface area contributed by atoms with Crippen molar-refractivity contribution < 1.29 is 4.42 Å². The van der Waals surface area contributed by atoms with E-state index in [1.807, 2.05) is 30.3 Å². The normalized spacial score (nSPS) is 11.8. The van der Waals surface area contributed by atoms with Crippen molar-refractivity contribution in [1.29, 1.82) is 0 Å². The standard InChI is InChI=1S/C43H25N3O/c1-2-11-27(12-3-1)41-44-42(32-19-18-26-10-4-5-13-28(26)22-32)46-43(45-41)35-24-31-20-21-37-40(39(31)34-17-9-8-16-33(34)35)36-23-29-14-6-7-15-30(29)25-38(36)47-37/h1-25H. The van der Waals surface area contributed by atoms with Crippen LogP contribution in [-0.2, 0) is 0 Å². The zero-order valence-electron chi connectivity index (χ0n) is 25.2. The number of nitrogens with zero attached hydrogens (tertiary/aromatic N) is 3. The number of rotatable bonds is 3. The average molecular weight is 600 g/mol. The van der Waals surface area contributed by atoms with Gasteiger partial charge in [-0.3, -0.25) is 0 Å². The SMILES string of the molecule is c1ccc(-c2nc(-c3ccc4ccccc4c3)nc(-c3cc4ccc5oc6cc7ccccc7cc6c5c4c4ccccc34)n2)cc1. The molecular formula is C43H25N3O. The molecule has 0 atom stereocenters. The van der Waals surface area contributed by atoms with Gasteiger partial charge >= 0.3 is 0 Å². The molecule has 0 saturated heterocycles. The van der Waals surface area contributed by atoms with E-state index in [1.54, 1.807) is 0 Å². The Morgan fingerprint density at radius 3 is 1.77 bits per heavy atom. The summed E-state index contributed by atoms with van der Waals surface area (Å²) in [6.07, 6.45) is 0. The molecule has 0 aliphatic carbocycles. The molecule has 0 spiro atoms. The first-order valence-corrected chi connectivity index (χ1v) is 15.8. The molecule has 0 unspecified atom stereocenters. The summed E-state index contributed by atoms with van der Waals surface area (Å²) in [4.78, 5) is 15.3. The van der Waals surface area contributed by atoms with E-state index in [4.69, 9.17) is 19.4 Å². The van der Waals surface area contributed by atoms with Crippen LogP contribution >= 0.6 is 0 Å². The highest BCUT2D eigenvalue weighted by Crippen LogP contribution is 2.42. The summed E-state index contributed by atoms with van der Waals surface area (Å²) in [5.41, 5.74) is 4.64. The fourth-order valence-corrected chi connectivity index (χ4v) is 7.00. The lowest BCUT2D eigenvalue weighted by molar-refractivity contribution is 0.670. The van der Waals surface area contributed by atoms with Crippen molar-refractivity contribution in [2.24, 2.45) is 0 Å². The molecule has 4 heteroatoms. The highest BCUT2D eigenvalue weighted by atomic mass is 16.3. The maximum absolute atomic E-state index is 6.46. The van der Waals surface area contributed by atoms with Crippen LogP contribution in [0.4, 0.5) is 0 Å². The molecule has 0 radical (unpaired) electrons. The number of hydrogen-bond acceptors (Lipinski definition) is 4. The molecule has 218 valence electrons. The largest absolute Gasteiger partial charge is 0.456 e. The maximum atomic E-state index is 6.46.